The number of carbonyl (C=O) groups is 1. The molecule has 1 atom stereocenters. The summed E-state index contributed by atoms with van der Waals surface area (Å²) in [6.07, 6.45) is 8.19. The summed E-state index contributed by atoms with van der Waals surface area (Å²) in [5.74, 6) is 0.551. The largest absolute Gasteiger partial charge is 0.373 e. The summed E-state index contributed by atoms with van der Waals surface area (Å²) in [5, 5.41) is 3.18. The lowest BCUT2D eigenvalue weighted by Crippen LogP contribution is -2.51. The van der Waals surface area contributed by atoms with Gasteiger partial charge in [0.2, 0.25) is 0 Å². The monoisotopic (exact) mass is 374 g/mol. The number of nitrogens with zero attached hydrogens (tertiary/aromatic N) is 3. The molecule has 2 fully saturated rings. The smallest absolute Gasteiger partial charge is 0.317 e. The highest BCUT2D eigenvalue weighted by Crippen LogP contribution is 2.18. The lowest BCUT2D eigenvalue weighted by molar-refractivity contribution is 0.00422. The molecule has 27 heavy (non-hydrogen) atoms. The highest BCUT2D eigenvalue weighted by atomic mass is 16.5. The Morgan fingerprint density at radius 2 is 2.00 bits per heavy atom. The van der Waals surface area contributed by atoms with Crippen LogP contribution in [0.1, 0.15) is 45.1 Å². The Bertz CT molecular complexity index is 567. The van der Waals surface area contributed by atoms with Gasteiger partial charge < -0.3 is 15.0 Å². The van der Waals surface area contributed by atoms with Crippen LogP contribution < -0.4 is 5.32 Å². The third-order valence-corrected chi connectivity index (χ3v) is 5.78. The van der Waals surface area contributed by atoms with Gasteiger partial charge in [0.25, 0.3) is 0 Å². The Balaban J connectivity index is 1.37. The highest BCUT2D eigenvalue weighted by Gasteiger charge is 2.27. The first-order valence-corrected chi connectivity index (χ1v) is 10.4. The summed E-state index contributed by atoms with van der Waals surface area (Å²) in [7, 11) is 0. The molecule has 1 aromatic heterocycles. The van der Waals surface area contributed by atoms with Gasteiger partial charge >= 0.3 is 6.03 Å². The third kappa shape index (κ3) is 5.91. The van der Waals surface area contributed by atoms with Gasteiger partial charge in [0, 0.05) is 38.1 Å². The van der Waals surface area contributed by atoms with Crippen molar-refractivity contribution in [1.29, 1.82) is 0 Å². The summed E-state index contributed by atoms with van der Waals surface area (Å²) in [4.78, 5) is 21.2. The number of aromatic nitrogens is 1. The number of hydrogen-bond donors (Lipinski definition) is 1. The normalized spacial score (nSPS) is 20.2. The zero-order valence-corrected chi connectivity index (χ0v) is 16.8. The molecule has 0 unspecified atom stereocenters. The van der Waals surface area contributed by atoms with E-state index in [1.54, 1.807) is 6.20 Å². The average Bonchev–Trinajstić information content (AvgIpc) is 3.22. The minimum atomic E-state index is 0.0746. The topological polar surface area (TPSA) is 57.7 Å². The number of likely N-dealkylation sites (tertiary alicyclic amines) is 2. The van der Waals surface area contributed by atoms with Crippen molar-refractivity contribution in [3.63, 3.8) is 0 Å². The molecule has 0 aliphatic carbocycles. The maximum atomic E-state index is 12.6. The predicted molar refractivity (Wildman–Crippen MR) is 106 cm³/mol. The van der Waals surface area contributed by atoms with Gasteiger partial charge in [-0.25, -0.2) is 4.79 Å². The maximum Gasteiger partial charge on any atom is 0.317 e. The SMILES string of the molecule is CC(C)[C@H](CNC(=O)N1CCC(OCc2cccnc2)CC1)N1CCCC1. The van der Waals surface area contributed by atoms with Gasteiger partial charge in [0.05, 0.1) is 12.7 Å². The van der Waals surface area contributed by atoms with Crippen molar-refractivity contribution in [2.45, 2.75) is 58.3 Å². The molecule has 2 amide bonds. The molecule has 3 heterocycles. The van der Waals surface area contributed by atoms with Gasteiger partial charge in [-0.1, -0.05) is 19.9 Å². The van der Waals surface area contributed by atoms with E-state index in [1.807, 2.05) is 23.2 Å². The lowest BCUT2D eigenvalue weighted by Gasteiger charge is -2.34. The van der Waals surface area contributed by atoms with Gasteiger partial charge in [-0.3, -0.25) is 9.88 Å². The van der Waals surface area contributed by atoms with Crippen molar-refractivity contribution in [2.75, 3.05) is 32.7 Å². The average molecular weight is 375 g/mol. The van der Waals surface area contributed by atoms with Crippen molar-refractivity contribution in [2.24, 2.45) is 5.92 Å². The number of ether oxygens (including phenoxy) is 1. The fourth-order valence-electron chi connectivity index (χ4n) is 4.09. The van der Waals surface area contributed by atoms with Crippen LogP contribution in [0.3, 0.4) is 0 Å². The van der Waals surface area contributed by atoms with E-state index in [2.05, 4.69) is 29.0 Å². The Morgan fingerprint density at radius 1 is 1.26 bits per heavy atom. The van der Waals surface area contributed by atoms with E-state index in [0.717, 1.165) is 38.0 Å². The molecule has 2 saturated heterocycles. The summed E-state index contributed by atoms with van der Waals surface area (Å²) in [5.41, 5.74) is 1.10. The van der Waals surface area contributed by atoms with Crippen LogP contribution >= 0.6 is 0 Å². The van der Waals surface area contributed by atoms with Crippen LogP contribution in [0.2, 0.25) is 0 Å². The third-order valence-electron chi connectivity index (χ3n) is 5.78. The Kier molecular flexibility index (Phi) is 7.47. The molecular weight excluding hydrogens is 340 g/mol. The fourth-order valence-corrected chi connectivity index (χ4v) is 4.09. The van der Waals surface area contributed by atoms with Crippen molar-refractivity contribution < 1.29 is 9.53 Å². The van der Waals surface area contributed by atoms with E-state index in [9.17, 15) is 4.79 Å². The van der Waals surface area contributed by atoms with Crippen molar-refractivity contribution in [1.82, 2.24) is 20.1 Å². The summed E-state index contributed by atoms with van der Waals surface area (Å²) in [6, 6.07) is 4.47. The van der Waals surface area contributed by atoms with Crippen LogP contribution in [-0.4, -0.2) is 65.7 Å². The summed E-state index contributed by atoms with van der Waals surface area (Å²) >= 11 is 0. The van der Waals surface area contributed by atoms with Gasteiger partial charge in [-0.2, -0.15) is 0 Å². The van der Waals surface area contributed by atoms with Crippen molar-refractivity contribution >= 4 is 6.03 Å². The number of urea groups is 1. The first kappa shape index (κ1) is 20.1. The number of carbonyl (C=O) groups excluding carboxylic acids is 1. The number of piperidine rings is 1. The number of amides is 2. The first-order valence-electron chi connectivity index (χ1n) is 10.4. The minimum absolute atomic E-state index is 0.0746. The summed E-state index contributed by atoms with van der Waals surface area (Å²) < 4.78 is 5.99. The predicted octanol–water partition coefficient (Wildman–Crippen LogP) is 2.89. The van der Waals surface area contributed by atoms with E-state index < -0.39 is 0 Å². The van der Waals surface area contributed by atoms with Gasteiger partial charge in [0.1, 0.15) is 0 Å². The molecule has 0 spiro atoms. The molecule has 0 saturated carbocycles. The minimum Gasteiger partial charge on any atom is -0.373 e. The van der Waals surface area contributed by atoms with E-state index in [1.165, 1.54) is 25.9 Å². The number of rotatable bonds is 7. The van der Waals surface area contributed by atoms with Gasteiger partial charge in [0.15, 0.2) is 0 Å². The van der Waals surface area contributed by atoms with Crippen LogP contribution in [0, 0.1) is 5.92 Å². The number of nitrogens with one attached hydrogen (secondary N) is 1. The molecule has 3 rings (SSSR count). The molecule has 1 N–H and O–H groups in total. The molecular formula is C21H34N4O2. The first-order chi connectivity index (χ1) is 13.1. The van der Waals surface area contributed by atoms with Crippen LogP contribution in [-0.2, 0) is 11.3 Å². The molecule has 6 nitrogen and oxygen atoms in total. The molecule has 0 aromatic carbocycles. The number of hydrogen-bond acceptors (Lipinski definition) is 4. The van der Waals surface area contributed by atoms with Crippen LogP contribution in [0.4, 0.5) is 4.79 Å². The quantitative estimate of drug-likeness (QED) is 0.797. The standard InChI is InChI=1S/C21H34N4O2/c1-17(2)20(24-10-3-4-11-24)15-23-21(26)25-12-7-19(8-13-25)27-16-18-6-5-9-22-14-18/h5-6,9,14,17,19-20H,3-4,7-8,10-13,15-16H2,1-2H3,(H,23,26)/t20-/m0/s1. The molecule has 1 aromatic rings. The van der Waals surface area contributed by atoms with E-state index >= 15 is 0 Å². The zero-order chi connectivity index (χ0) is 19.1. The molecule has 6 heteroatoms. The maximum absolute atomic E-state index is 12.6. The van der Waals surface area contributed by atoms with E-state index in [-0.39, 0.29) is 12.1 Å². The van der Waals surface area contributed by atoms with Crippen molar-refractivity contribution in [3.05, 3.63) is 30.1 Å². The van der Waals surface area contributed by atoms with Crippen LogP contribution in [0.15, 0.2) is 24.5 Å². The molecule has 2 aliphatic rings. The lowest BCUT2D eigenvalue weighted by atomic mass is 10.0. The molecule has 0 bridgehead atoms. The highest BCUT2D eigenvalue weighted by molar-refractivity contribution is 5.74. The van der Waals surface area contributed by atoms with E-state index in [4.69, 9.17) is 4.74 Å². The second-order valence-corrected chi connectivity index (χ2v) is 8.10. The molecule has 150 valence electrons. The van der Waals surface area contributed by atoms with Crippen molar-refractivity contribution in [3.8, 4) is 0 Å². The zero-order valence-electron chi connectivity index (χ0n) is 16.8. The number of pyridine rings is 1. The summed E-state index contributed by atoms with van der Waals surface area (Å²) in [6.45, 7) is 9.70. The Labute approximate surface area is 163 Å². The Hall–Kier alpha value is -1.66. The second kappa shape index (κ2) is 10.0. The molecule has 0 radical (unpaired) electrons. The fraction of sp³-hybridized carbons (Fsp3) is 0.714. The second-order valence-electron chi connectivity index (χ2n) is 8.10. The van der Waals surface area contributed by atoms with Gasteiger partial charge in [-0.05, 0) is 56.3 Å². The molecule has 2 aliphatic heterocycles. The van der Waals surface area contributed by atoms with Crippen LogP contribution in [0.5, 0.6) is 0 Å². The van der Waals surface area contributed by atoms with Gasteiger partial charge in [-0.15, -0.1) is 0 Å². The van der Waals surface area contributed by atoms with Crippen LogP contribution in [0.25, 0.3) is 0 Å². The van der Waals surface area contributed by atoms with E-state index in [0.29, 0.717) is 18.6 Å². The Morgan fingerprint density at radius 3 is 2.63 bits per heavy atom.